The van der Waals surface area contributed by atoms with Crippen molar-refractivity contribution < 1.29 is 7.25 Å². The van der Waals surface area contributed by atoms with E-state index in [-0.39, 0.29) is 0 Å². The standard InChI is InChI=1S/2C9H13.V/c2*1-2-3-6-9-7-4-5-8-9;/h2*4-5,7-8H,2-3,6H2,1H3;. The Hall–Kier alpha value is 0.584. The fourth-order valence-corrected chi connectivity index (χ4v) is 134. The molecule has 0 saturated carbocycles. The van der Waals surface area contributed by atoms with Crippen molar-refractivity contribution in [2.45, 2.75) is 97.7 Å². The summed E-state index contributed by atoms with van der Waals surface area (Å²) in [6, 6.07) is 0. The third-order valence-corrected chi connectivity index (χ3v) is 76.8. The van der Waals surface area contributed by atoms with Gasteiger partial charge in [-0.3, -0.25) is 0 Å². The van der Waals surface area contributed by atoms with E-state index >= 15 is 0 Å². The number of unbranched alkanes of at least 4 members (excludes halogenated alkanes) is 2. The number of rotatable bonds is 6. The first-order valence-electron chi connectivity index (χ1n) is 9.79. The Kier molecular flexibility index (Phi) is 0.326. The van der Waals surface area contributed by atoms with Crippen LogP contribution in [0.25, 0.3) is 0 Å². The van der Waals surface area contributed by atoms with Gasteiger partial charge >= 0.3 is 105 Å². The summed E-state index contributed by atoms with van der Waals surface area (Å²) in [4.78, 5) is 0. The number of hydrogen-bond acceptors (Lipinski definition) is 0. The molecule has 10 aliphatic heterocycles. The molecule has 0 nitrogen and oxygen atoms in total. The Morgan fingerprint density at radius 1 is 0.684 bits per heavy atom. The fourth-order valence-electron chi connectivity index (χ4n) is 25.1. The molecule has 10 aliphatic rings. The second-order valence-corrected chi connectivity index (χ2v) is 43.9. The molecule has 19 heavy (non-hydrogen) atoms. The molecule has 103 valence electrons. The first-order chi connectivity index (χ1) is 9.05. The molecule has 0 aromatic rings. The van der Waals surface area contributed by atoms with Gasteiger partial charge < -0.3 is 0 Å². The zero-order chi connectivity index (χ0) is 12.2. The molecule has 1 spiro atoms. The molecule has 10 rings (SSSR count). The van der Waals surface area contributed by atoms with Crippen molar-refractivity contribution in [3.63, 3.8) is 0 Å². The van der Waals surface area contributed by atoms with E-state index in [1.165, 1.54) is 21.1 Å². The van der Waals surface area contributed by atoms with Crippen LogP contribution in [-0.2, 0) is 7.25 Å². The molecule has 8 atom stereocenters. The van der Waals surface area contributed by atoms with Crippen LogP contribution in [0.3, 0.4) is 0 Å². The van der Waals surface area contributed by atoms with Crippen molar-refractivity contribution in [1.82, 2.24) is 0 Å². The summed E-state index contributed by atoms with van der Waals surface area (Å²) < 4.78 is 14.9. The number of fused-ring (bicyclic) bond motifs is 10. The molecular formula is C18H26V. The Bertz CT molecular complexity index is 910. The maximum atomic E-state index is 2.44. The molecule has 1 heteroatoms. The molecule has 8 unspecified atom stereocenters. The van der Waals surface area contributed by atoms with Crippen LogP contribution in [0, 0.1) is 0 Å². The van der Waals surface area contributed by atoms with Crippen molar-refractivity contribution in [2.24, 2.45) is 0 Å². The van der Waals surface area contributed by atoms with Crippen molar-refractivity contribution in [1.29, 1.82) is 0 Å². The summed E-state index contributed by atoms with van der Waals surface area (Å²) in [5, 5.41) is 0. The fraction of sp³-hybridized carbons (Fsp3) is 1.00. The third-order valence-electron chi connectivity index (χ3n) is 21.0. The minimum atomic E-state index is -3.15. The molecule has 0 radical (unpaired) electrons. The van der Waals surface area contributed by atoms with E-state index in [2.05, 4.69) is 13.8 Å². The zero-order valence-corrected chi connectivity index (χ0v) is 13.7. The van der Waals surface area contributed by atoms with Crippen LogP contribution in [0.5, 0.6) is 0 Å². The quantitative estimate of drug-likeness (QED) is 0.524. The van der Waals surface area contributed by atoms with Gasteiger partial charge in [-0.1, -0.05) is 0 Å². The molecule has 0 aromatic heterocycles. The van der Waals surface area contributed by atoms with Crippen molar-refractivity contribution in [2.75, 3.05) is 0 Å². The van der Waals surface area contributed by atoms with Gasteiger partial charge in [-0.2, -0.15) is 0 Å². The Morgan fingerprint density at radius 2 is 1.05 bits per heavy atom. The van der Waals surface area contributed by atoms with E-state index in [0.29, 0.717) is 0 Å². The van der Waals surface area contributed by atoms with Crippen LogP contribution in [-0.4, -0.2) is 0 Å². The Morgan fingerprint density at radius 3 is 1.32 bits per heavy atom. The van der Waals surface area contributed by atoms with Gasteiger partial charge in [0.25, 0.3) is 0 Å². The predicted octanol–water partition coefficient (Wildman–Crippen LogP) is 6.50. The summed E-state index contributed by atoms with van der Waals surface area (Å²) in [5.74, 6) is 0. The first-order valence-corrected chi connectivity index (χ1v) is 17.6. The molecule has 10 heterocycles. The van der Waals surface area contributed by atoms with Crippen LogP contribution in [0.4, 0.5) is 0 Å². The summed E-state index contributed by atoms with van der Waals surface area (Å²) in [6.07, 6.45) is 9.76. The van der Waals surface area contributed by atoms with Gasteiger partial charge in [0.2, 0.25) is 0 Å². The van der Waals surface area contributed by atoms with E-state index in [1.807, 2.05) is 0 Å². The van der Waals surface area contributed by atoms with Crippen molar-refractivity contribution >= 4 is 0 Å². The van der Waals surface area contributed by atoms with Gasteiger partial charge in [-0.25, -0.2) is 0 Å². The molecule has 10 saturated heterocycles. The topological polar surface area (TPSA) is 0 Å². The molecule has 0 aliphatic carbocycles. The molecule has 0 bridgehead atoms. The number of hydrogen-bond donors (Lipinski definition) is 0. The maximum absolute atomic E-state index is 3.15. The van der Waals surface area contributed by atoms with Gasteiger partial charge in [0.05, 0.1) is 0 Å². The molecule has 0 aromatic carbocycles. The van der Waals surface area contributed by atoms with E-state index in [1.54, 1.807) is 62.7 Å². The molecule has 0 amide bonds. The summed E-state index contributed by atoms with van der Waals surface area (Å²) >= 11 is 0. The van der Waals surface area contributed by atoms with Gasteiger partial charge in [0.15, 0.2) is 0 Å². The van der Waals surface area contributed by atoms with Crippen molar-refractivity contribution in [3.05, 3.63) is 0 Å². The van der Waals surface area contributed by atoms with E-state index in [4.69, 9.17) is 0 Å². The normalized spacial score (nSPS) is 112. The first kappa shape index (κ1) is 8.28. The van der Waals surface area contributed by atoms with Gasteiger partial charge in [0.1, 0.15) is 0 Å². The van der Waals surface area contributed by atoms with E-state index in [0.717, 1.165) is 0 Å². The zero-order valence-electron chi connectivity index (χ0n) is 12.3. The van der Waals surface area contributed by atoms with Crippen LogP contribution < -0.4 is 0 Å². The SMILES string of the molecule is CCCC[C]12[CH]3[CH]4[CH]5[CH]1[V]45321678[CH]2[CH]1[CH]6[C]7(CCCC)[CH]28. The van der Waals surface area contributed by atoms with Gasteiger partial charge in [-0.15, -0.1) is 0 Å². The van der Waals surface area contributed by atoms with Crippen molar-refractivity contribution in [3.8, 4) is 0 Å². The average molecular weight is 293 g/mol. The van der Waals surface area contributed by atoms with Crippen LogP contribution in [0.1, 0.15) is 52.4 Å². The molecule has 10 fully saturated rings. The van der Waals surface area contributed by atoms with E-state index < -0.39 is 7.25 Å². The van der Waals surface area contributed by atoms with E-state index in [9.17, 15) is 0 Å². The third kappa shape index (κ3) is 0.0913. The van der Waals surface area contributed by atoms with Gasteiger partial charge in [-0.05, 0) is 0 Å². The van der Waals surface area contributed by atoms with Crippen LogP contribution in [0.2, 0.25) is 45.3 Å². The predicted molar refractivity (Wildman–Crippen MR) is 74.4 cm³/mol. The van der Waals surface area contributed by atoms with Gasteiger partial charge in [0, 0.05) is 0 Å². The summed E-state index contributed by atoms with van der Waals surface area (Å²) in [7, 11) is -3.15. The Balaban J connectivity index is 1.40. The summed E-state index contributed by atoms with van der Waals surface area (Å²) in [6.45, 7) is 4.89. The second kappa shape index (κ2) is 0.749. The van der Waals surface area contributed by atoms with Crippen LogP contribution in [0.15, 0.2) is 0 Å². The molecule has 0 N–H and O–H groups in total. The minimum absolute atomic E-state index is 1.23. The second-order valence-electron chi connectivity index (χ2n) is 14.3. The molecular weight excluding hydrogens is 267 g/mol. The monoisotopic (exact) mass is 293 g/mol. The summed E-state index contributed by atoms with van der Waals surface area (Å²) in [5.41, 5.74) is 0. The average Bonchev–Trinajstić information content (AvgIpc) is 3.36. The van der Waals surface area contributed by atoms with Crippen LogP contribution >= 0.6 is 0 Å². The Labute approximate surface area is 105 Å².